The number of carbonyl (C=O) groups excluding carboxylic acids is 1. The van der Waals surface area contributed by atoms with Gasteiger partial charge < -0.3 is 5.73 Å². The van der Waals surface area contributed by atoms with Crippen LogP contribution < -0.4 is 11.1 Å². The zero-order valence-corrected chi connectivity index (χ0v) is 11.2. The molecule has 3 N–H and O–H groups in total. The van der Waals surface area contributed by atoms with Crippen molar-refractivity contribution in [2.75, 3.05) is 5.32 Å². The Hall–Kier alpha value is -0.720. The van der Waals surface area contributed by atoms with E-state index in [1.807, 2.05) is 0 Å². The maximum absolute atomic E-state index is 11.2. The Bertz CT molecular complexity index is 340. The number of aromatic nitrogens is 2. The maximum Gasteiger partial charge on any atom is 0.242 e. The first kappa shape index (κ1) is 15.3. The van der Waals surface area contributed by atoms with Crippen LogP contribution in [-0.4, -0.2) is 22.1 Å². The predicted molar refractivity (Wildman–Crippen MR) is 68.0 cm³/mol. The van der Waals surface area contributed by atoms with Gasteiger partial charge in [-0.05, 0) is 12.8 Å². The summed E-state index contributed by atoms with van der Waals surface area (Å²) >= 11 is 1.40. The van der Waals surface area contributed by atoms with E-state index in [4.69, 9.17) is 5.73 Å². The maximum atomic E-state index is 11.2. The molecule has 1 heterocycles. The topological polar surface area (TPSA) is 80.9 Å². The molecule has 16 heavy (non-hydrogen) atoms. The van der Waals surface area contributed by atoms with E-state index in [0.717, 1.165) is 11.4 Å². The quantitative estimate of drug-likeness (QED) is 0.862. The minimum Gasteiger partial charge on any atom is -0.320 e. The molecule has 0 spiro atoms. The molecule has 1 atom stereocenters. The molecule has 1 aromatic rings. The number of hydrogen-bond donors (Lipinski definition) is 2. The Balaban J connectivity index is 0.00000225. The molecule has 0 unspecified atom stereocenters. The van der Waals surface area contributed by atoms with Gasteiger partial charge in [0, 0.05) is 6.42 Å². The fourth-order valence-corrected chi connectivity index (χ4v) is 1.91. The smallest absolute Gasteiger partial charge is 0.242 e. The Morgan fingerprint density at radius 3 is 2.56 bits per heavy atom. The summed E-state index contributed by atoms with van der Waals surface area (Å²) in [5, 5.41) is 11.9. The van der Waals surface area contributed by atoms with Crippen LogP contribution in [0.25, 0.3) is 0 Å². The van der Waals surface area contributed by atoms with E-state index in [0.29, 0.717) is 11.0 Å². The van der Waals surface area contributed by atoms with Crippen LogP contribution in [0.15, 0.2) is 0 Å². The molecule has 0 aliphatic carbocycles. The fraction of sp³-hybridized carbons (Fsp3) is 0.667. The highest BCUT2D eigenvalue weighted by Gasteiger charge is 2.11. The minimum atomic E-state index is -0.526. The van der Waals surface area contributed by atoms with Crippen LogP contribution in [-0.2, 0) is 11.2 Å². The monoisotopic (exact) mass is 264 g/mol. The number of anilines is 1. The van der Waals surface area contributed by atoms with Crippen molar-refractivity contribution in [3.8, 4) is 0 Å². The molecule has 0 radical (unpaired) electrons. The zero-order chi connectivity index (χ0) is 11.4. The Labute approximate surface area is 105 Å². The van der Waals surface area contributed by atoms with Gasteiger partial charge >= 0.3 is 0 Å². The second-order valence-corrected chi connectivity index (χ2v) is 4.94. The Morgan fingerprint density at radius 1 is 1.44 bits per heavy atom. The van der Waals surface area contributed by atoms with E-state index < -0.39 is 6.04 Å². The average molecular weight is 265 g/mol. The number of nitrogens with zero attached hydrogens (tertiary/aromatic N) is 2. The van der Waals surface area contributed by atoms with Crippen LogP contribution in [0.3, 0.4) is 0 Å². The zero-order valence-electron chi connectivity index (χ0n) is 9.56. The van der Waals surface area contributed by atoms with Crippen LogP contribution in [0.5, 0.6) is 0 Å². The van der Waals surface area contributed by atoms with Gasteiger partial charge in [0.1, 0.15) is 5.01 Å². The van der Waals surface area contributed by atoms with E-state index in [1.54, 1.807) is 6.92 Å². The molecular weight excluding hydrogens is 248 g/mol. The van der Waals surface area contributed by atoms with Crippen molar-refractivity contribution in [2.45, 2.75) is 33.2 Å². The van der Waals surface area contributed by atoms with Gasteiger partial charge in [-0.15, -0.1) is 22.6 Å². The van der Waals surface area contributed by atoms with Crippen LogP contribution in [0.2, 0.25) is 0 Å². The standard InChI is InChI=1S/C9H16N4OS.ClH/c1-5(2)4-7-12-13-9(15-7)11-8(14)6(3)10;/h5-6H,4,10H2,1-3H3,(H,11,13,14);1H/t6-;/m0./s1. The normalized spacial score (nSPS) is 12.1. The highest BCUT2D eigenvalue weighted by Crippen LogP contribution is 2.18. The van der Waals surface area contributed by atoms with Crippen molar-refractivity contribution >= 4 is 34.8 Å². The van der Waals surface area contributed by atoms with Gasteiger partial charge in [0.15, 0.2) is 0 Å². The highest BCUT2D eigenvalue weighted by molar-refractivity contribution is 7.15. The number of amides is 1. The Kier molecular flexibility index (Phi) is 6.47. The minimum absolute atomic E-state index is 0. The molecule has 0 fully saturated rings. The lowest BCUT2D eigenvalue weighted by atomic mass is 10.1. The summed E-state index contributed by atoms with van der Waals surface area (Å²) < 4.78 is 0. The van der Waals surface area contributed by atoms with Gasteiger partial charge in [0.2, 0.25) is 11.0 Å². The summed E-state index contributed by atoms with van der Waals surface area (Å²) in [5.41, 5.74) is 5.42. The van der Waals surface area contributed by atoms with Gasteiger partial charge in [-0.2, -0.15) is 0 Å². The van der Waals surface area contributed by atoms with Gasteiger partial charge in [-0.25, -0.2) is 0 Å². The van der Waals surface area contributed by atoms with E-state index in [9.17, 15) is 4.79 Å². The first-order valence-electron chi connectivity index (χ1n) is 4.88. The van der Waals surface area contributed by atoms with E-state index in [2.05, 4.69) is 29.4 Å². The van der Waals surface area contributed by atoms with E-state index in [1.165, 1.54) is 11.3 Å². The van der Waals surface area contributed by atoms with Gasteiger partial charge in [-0.1, -0.05) is 25.2 Å². The lowest BCUT2D eigenvalue weighted by Crippen LogP contribution is -2.32. The summed E-state index contributed by atoms with van der Waals surface area (Å²) in [6.45, 7) is 5.86. The first-order valence-corrected chi connectivity index (χ1v) is 5.69. The number of rotatable bonds is 4. The van der Waals surface area contributed by atoms with Crippen molar-refractivity contribution in [3.05, 3.63) is 5.01 Å². The molecule has 92 valence electrons. The van der Waals surface area contributed by atoms with Crippen LogP contribution in [0.1, 0.15) is 25.8 Å². The molecule has 0 aromatic carbocycles. The summed E-state index contributed by atoms with van der Waals surface area (Å²) in [6, 6.07) is -0.526. The predicted octanol–water partition coefficient (Wildman–Crippen LogP) is 1.44. The Morgan fingerprint density at radius 2 is 2.06 bits per heavy atom. The summed E-state index contributed by atoms with van der Waals surface area (Å²) in [4.78, 5) is 11.2. The third-order valence-electron chi connectivity index (χ3n) is 1.69. The molecule has 0 aliphatic heterocycles. The highest BCUT2D eigenvalue weighted by atomic mass is 35.5. The van der Waals surface area contributed by atoms with Crippen LogP contribution >= 0.6 is 23.7 Å². The molecule has 5 nitrogen and oxygen atoms in total. The molecule has 1 rings (SSSR count). The van der Waals surface area contributed by atoms with Crippen molar-refractivity contribution in [3.63, 3.8) is 0 Å². The second kappa shape index (κ2) is 6.78. The molecule has 0 aliphatic rings. The van der Waals surface area contributed by atoms with Gasteiger partial charge in [0.25, 0.3) is 0 Å². The van der Waals surface area contributed by atoms with Crippen molar-refractivity contribution in [1.82, 2.24) is 10.2 Å². The summed E-state index contributed by atoms with van der Waals surface area (Å²) in [7, 11) is 0. The number of carbonyl (C=O) groups is 1. The number of hydrogen-bond acceptors (Lipinski definition) is 5. The summed E-state index contributed by atoms with van der Waals surface area (Å²) in [6.07, 6.45) is 0.881. The lowest BCUT2D eigenvalue weighted by Gasteiger charge is -2.02. The molecule has 0 saturated heterocycles. The largest absolute Gasteiger partial charge is 0.320 e. The van der Waals surface area contributed by atoms with Gasteiger partial charge in [-0.3, -0.25) is 10.1 Å². The third kappa shape index (κ3) is 4.87. The summed E-state index contributed by atoms with van der Waals surface area (Å²) in [5.74, 6) is 0.303. The molecule has 0 saturated carbocycles. The molecule has 1 aromatic heterocycles. The molecule has 0 bridgehead atoms. The van der Waals surface area contributed by atoms with Crippen molar-refractivity contribution in [2.24, 2.45) is 11.7 Å². The average Bonchev–Trinajstić information content (AvgIpc) is 2.51. The van der Waals surface area contributed by atoms with Crippen molar-refractivity contribution < 1.29 is 4.79 Å². The second-order valence-electron chi connectivity index (χ2n) is 3.88. The molecular formula is C9H17ClN4OS. The number of nitrogens with one attached hydrogen (secondary N) is 1. The van der Waals surface area contributed by atoms with E-state index in [-0.39, 0.29) is 18.3 Å². The van der Waals surface area contributed by atoms with E-state index >= 15 is 0 Å². The van der Waals surface area contributed by atoms with Crippen molar-refractivity contribution in [1.29, 1.82) is 0 Å². The van der Waals surface area contributed by atoms with Crippen LogP contribution in [0.4, 0.5) is 5.13 Å². The third-order valence-corrected chi connectivity index (χ3v) is 2.55. The first-order chi connectivity index (χ1) is 6.99. The fourth-order valence-electron chi connectivity index (χ4n) is 0.955. The van der Waals surface area contributed by atoms with Crippen LogP contribution in [0, 0.1) is 5.92 Å². The molecule has 7 heteroatoms. The SMILES string of the molecule is CC(C)Cc1nnc(NC(=O)[C@H](C)N)s1.Cl. The number of nitrogens with two attached hydrogens (primary N) is 1. The van der Waals surface area contributed by atoms with Gasteiger partial charge in [0.05, 0.1) is 6.04 Å². The molecule has 1 amide bonds. The number of halogens is 1. The lowest BCUT2D eigenvalue weighted by molar-refractivity contribution is -0.117.